The lowest BCUT2D eigenvalue weighted by Crippen LogP contribution is -2.24. The van der Waals surface area contributed by atoms with E-state index in [-0.39, 0.29) is 18.1 Å². The molecule has 0 aromatic heterocycles. The summed E-state index contributed by atoms with van der Waals surface area (Å²) in [5.41, 5.74) is 5.58. The Labute approximate surface area is 248 Å². The summed E-state index contributed by atoms with van der Waals surface area (Å²) in [6.07, 6.45) is 1.32. The maximum Gasteiger partial charge on any atom is 0.343 e. The largest absolute Gasteiger partial charge is 0.484 e. The van der Waals surface area contributed by atoms with Crippen LogP contribution >= 0.6 is 0 Å². The third-order valence-electron chi connectivity index (χ3n) is 6.14. The summed E-state index contributed by atoms with van der Waals surface area (Å²) in [5.74, 6) is -0.881. The van der Waals surface area contributed by atoms with Crippen molar-refractivity contribution in [3.8, 4) is 28.4 Å². The highest BCUT2D eigenvalue weighted by Gasteiger charge is 2.15. The van der Waals surface area contributed by atoms with Gasteiger partial charge in [0.2, 0.25) is 0 Å². The van der Waals surface area contributed by atoms with Crippen molar-refractivity contribution in [2.75, 3.05) is 6.61 Å². The fourth-order valence-corrected chi connectivity index (χ4v) is 3.98. The Hall–Kier alpha value is -6.02. The number of carbonyl (C=O) groups excluding carboxylic acids is 3. The molecule has 0 aliphatic carbocycles. The van der Waals surface area contributed by atoms with Crippen molar-refractivity contribution in [2.24, 2.45) is 5.10 Å². The van der Waals surface area contributed by atoms with E-state index >= 15 is 0 Å². The van der Waals surface area contributed by atoms with Crippen LogP contribution in [0.25, 0.3) is 11.1 Å². The second-order valence-electron chi connectivity index (χ2n) is 9.18. The molecule has 8 heteroatoms. The lowest BCUT2D eigenvalue weighted by Gasteiger charge is -2.11. The molecule has 5 rings (SSSR count). The Kier molecular flexibility index (Phi) is 9.31. The van der Waals surface area contributed by atoms with Crippen molar-refractivity contribution >= 4 is 24.1 Å². The fraction of sp³-hybridized carbons (Fsp3) is 0.0286. The fourth-order valence-electron chi connectivity index (χ4n) is 3.98. The predicted octanol–water partition coefficient (Wildman–Crippen LogP) is 6.32. The Morgan fingerprint density at radius 2 is 1.14 bits per heavy atom. The molecular weight excluding hydrogens is 544 g/mol. The minimum absolute atomic E-state index is 0.0833. The lowest BCUT2D eigenvalue weighted by atomic mass is 10.1. The first-order valence-corrected chi connectivity index (χ1v) is 13.3. The molecule has 0 radical (unpaired) electrons. The lowest BCUT2D eigenvalue weighted by molar-refractivity contribution is -0.123. The number of carbonyl (C=O) groups is 3. The number of hydrazone groups is 1. The normalized spacial score (nSPS) is 10.6. The molecule has 0 aliphatic rings. The van der Waals surface area contributed by atoms with Crippen LogP contribution in [-0.2, 0) is 4.79 Å². The van der Waals surface area contributed by atoms with Gasteiger partial charge in [-0.05, 0) is 59.7 Å². The minimum Gasteiger partial charge on any atom is -0.484 e. The van der Waals surface area contributed by atoms with Gasteiger partial charge in [0.25, 0.3) is 5.91 Å². The van der Waals surface area contributed by atoms with Gasteiger partial charge in [-0.1, -0.05) is 78.9 Å². The second kappa shape index (κ2) is 14.0. The Morgan fingerprint density at radius 1 is 0.605 bits per heavy atom. The Morgan fingerprint density at radius 3 is 1.77 bits per heavy atom. The molecule has 0 heterocycles. The van der Waals surface area contributed by atoms with Crippen LogP contribution in [0.3, 0.4) is 0 Å². The summed E-state index contributed by atoms with van der Waals surface area (Å²) in [7, 11) is 0. The van der Waals surface area contributed by atoms with Crippen LogP contribution in [0.4, 0.5) is 0 Å². The van der Waals surface area contributed by atoms with E-state index in [1.807, 2.05) is 42.5 Å². The SMILES string of the molecule is O=C(COc1ccc(-c2ccccc2)cc1)N/N=C\c1ccc(OC(=O)c2ccccc2)cc1OC(=O)c1ccccc1. The molecule has 5 aromatic carbocycles. The predicted molar refractivity (Wildman–Crippen MR) is 162 cm³/mol. The highest BCUT2D eigenvalue weighted by molar-refractivity contribution is 5.94. The number of rotatable bonds is 10. The van der Waals surface area contributed by atoms with Gasteiger partial charge in [-0.3, -0.25) is 4.79 Å². The van der Waals surface area contributed by atoms with E-state index in [9.17, 15) is 14.4 Å². The molecule has 0 bridgehead atoms. The number of hydrogen-bond donors (Lipinski definition) is 1. The first-order valence-electron chi connectivity index (χ1n) is 13.3. The van der Waals surface area contributed by atoms with E-state index in [4.69, 9.17) is 14.2 Å². The van der Waals surface area contributed by atoms with E-state index in [1.54, 1.807) is 78.9 Å². The monoisotopic (exact) mass is 570 g/mol. The van der Waals surface area contributed by atoms with Crippen molar-refractivity contribution in [1.82, 2.24) is 5.43 Å². The van der Waals surface area contributed by atoms with Gasteiger partial charge in [0.05, 0.1) is 17.3 Å². The molecular formula is C35H26N2O6. The molecule has 0 fully saturated rings. The topological polar surface area (TPSA) is 103 Å². The van der Waals surface area contributed by atoms with Gasteiger partial charge in [-0.15, -0.1) is 0 Å². The Balaban J connectivity index is 1.23. The van der Waals surface area contributed by atoms with E-state index in [0.717, 1.165) is 11.1 Å². The van der Waals surface area contributed by atoms with Gasteiger partial charge < -0.3 is 14.2 Å². The molecule has 5 aromatic rings. The van der Waals surface area contributed by atoms with Crippen LogP contribution in [0.1, 0.15) is 26.3 Å². The van der Waals surface area contributed by atoms with Crippen LogP contribution in [0.15, 0.2) is 139 Å². The zero-order chi connectivity index (χ0) is 29.9. The van der Waals surface area contributed by atoms with Crippen LogP contribution in [0, 0.1) is 0 Å². The average molecular weight is 571 g/mol. The third-order valence-corrected chi connectivity index (χ3v) is 6.14. The second-order valence-corrected chi connectivity index (χ2v) is 9.18. The van der Waals surface area contributed by atoms with Gasteiger partial charge >= 0.3 is 11.9 Å². The van der Waals surface area contributed by atoms with Crippen molar-refractivity contribution in [1.29, 1.82) is 0 Å². The number of benzene rings is 5. The third kappa shape index (κ3) is 8.02. The highest BCUT2D eigenvalue weighted by atomic mass is 16.5. The molecule has 1 amide bonds. The molecule has 43 heavy (non-hydrogen) atoms. The molecule has 212 valence electrons. The molecule has 1 N–H and O–H groups in total. The van der Waals surface area contributed by atoms with Gasteiger partial charge in [0.15, 0.2) is 6.61 Å². The quantitative estimate of drug-likeness (QED) is 0.0912. The van der Waals surface area contributed by atoms with Gasteiger partial charge in [-0.25, -0.2) is 15.0 Å². The van der Waals surface area contributed by atoms with Crippen molar-refractivity contribution in [2.45, 2.75) is 0 Å². The number of esters is 2. The van der Waals surface area contributed by atoms with E-state index < -0.39 is 17.8 Å². The summed E-state index contributed by atoms with van der Waals surface area (Å²) in [6, 6.07) is 38.8. The first kappa shape index (κ1) is 28.5. The number of hydrogen-bond acceptors (Lipinski definition) is 7. The van der Waals surface area contributed by atoms with Crippen LogP contribution < -0.4 is 19.6 Å². The number of amides is 1. The Bertz CT molecular complexity index is 1720. The average Bonchev–Trinajstić information content (AvgIpc) is 3.06. The van der Waals surface area contributed by atoms with Crippen molar-refractivity contribution in [3.05, 3.63) is 150 Å². The zero-order valence-corrected chi connectivity index (χ0v) is 22.9. The maximum absolute atomic E-state index is 12.8. The number of nitrogens with zero attached hydrogens (tertiary/aromatic N) is 1. The van der Waals surface area contributed by atoms with Gasteiger partial charge in [-0.2, -0.15) is 5.10 Å². The molecule has 0 saturated carbocycles. The summed E-state index contributed by atoms with van der Waals surface area (Å²) in [4.78, 5) is 37.7. The van der Waals surface area contributed by atoms with E-state index in [2.05, 4.69) is 10.5 Å². The summed E-state index contributed by atoms with van der Waals surface area (Å²) >= 11 is 0. The minimum atomic E-state index is -0.613. The molecule has 0 aliphatic heterocycles. The molecule has 0 atom stereocenters. The van der Waals surface area contributed by atoms with E-state index in [1.165, 1.54) is 18.3 Å². The molecule has 8 nitrogen and oxygen atoms in total. The number of nitrogens with one attached hydrogen (secondary N) is 1. The summed E-state index contributed by atoms with van der Waals surface area (Å²) in [5, 5.41) is 3.98. The van der Waals surface area contributed by atoms with Crippen molar-refractivity contribution < 1.29 is 28.6 Å². The molecule has 0 unspecified atom stereocenters. The number of ether oxygens (including phenoxy) is 3. The maximum atomic E-state index is 12.8. The highest BCUT2D eigenvalue weighted by Crippen LogP contribution is 2.26. The van der Waals surface area contributed by atoms with Crippen molar-refractivity contribution in [3.63, 3.8) is 0 Å². The van der Waals surface area contributed by atoms with E-state index in [0.29, 0.717) is 22.4 Å². The van der Waals surface area contributed by atoms with Crippen LogP contribution in [0.2, 0.25) is 0 Å². The zero-order valence-electron chi connectivity index (χ0n) is 22.9. The first-order chi connectivity index (χ1) is 21.0. The van der Waals surface area contributed by atoms with Gasteiger partial charge in [0.1, 0.15) is 17.2 Å². The van der Waals surface area contributed by atoms with Crippen LogP contribution in [0.5, 0.6) is 17.2 Å². The smallest absolute Gasteiger partial charge is 0.343 e. The molecule has 0 spiro atoms. The summed E-state index contributed by atoms with van der Waals surface area (Å²) < 4.78 is 16.6. The summed E-state index contributed by atoms with van der Waals surface area (Å²) in [6.45, 7) is -0.258. The van der Waals surface area contributed by atoms with Gasteiger partial charge in [0, 0.05) is 11.6 Å². The molecule has 0 saturated heterocycles. The van der Waals surface area contributed by atoms with Crippen LogP contribution in [-0.4, -0.2) is 30.7 Å². The standard InChI is InChI=1S/C35H26N2O6/c38-33(24-41-30-19-16-26(17-20-30)25-10-4-1-5-11-25)37-36-23-29-18-21-31(42-34(39)27-12-6-2-7-13-27)22-32(29)43-35(40)28-14-8-3-9-15-28/h1-23H,24H2,(H,37,38)/b36-23-.